The minimum Gasteiger partial charge on any atom is -0.489 e. The first-order chi connectivity index (χ1) is 16.6. The van der Waals surface area contributed by atoms with Crippen LogP contribution in [0.25, 0.3) is 0 Å². The summed E-state index contributed by atoms with van der Waals surface area (Å²) < 4.78 is 5.86. The van der Waals surface area contributed by atoms with Crippen LogP contribution in [0, 0.1) is 5.92 Å². The molecule has 7 heteroatoms. The van der Waals surface area contributed by atoms with E-state index >= 15 is 0 Å². The molecule has 3 atom stereocenters. The van der Waals surface area contributed by atoms with E-state index in [0.717, 1.165) is 16.9 Å². The molecule has 7 nitrogen and oxygen atoms in total. The predicted molar refractivity (Wildman–Crippen MR) is 141 cm³/mol. The highest BCUT2D eigenvalue weighted by Crippen LogP contribution is 2.16. The maximum Gasteiger partial charge on any atom is 0.242 e. The van der Waals surface area contributed by atoms with Gasteiger partial charge in [0.05, 0.1) is 6.04 Å². The molecule has 0 radical (unpaired) electrons. The summed E-state index contributed by atoms with van der Waals surface area (Å²) in [5.41, 5.74) is 8.08. The Kier molecular flexibility index (Phi) is 11.7. The maximum absolute atomic E-state index is 13.0. The molecule has 0 saturated carbocycles. The molecule has 2 amide bonds. The molecule has 0 heterocycles. The van der Waals surface area contributed by atoms with E-state index in [0.29, 0.717) is 32.0 Å². The molecule has 0 spiro atoms. The van der Waals surface area contributed by atoms with Crippen molar-refractivity contribution >= 4 is 11.8 Å². The van der Waals surface area contributed by atoms with Gasteiger partial charge in [0.1, 0.15) is 18.4 Å². The van der Waals surface area contributed by atoms with E-state index in [1.807, 2.05) is 75.4 Å². The lowest BCUT2D eigenvalue weighted by Crippen LogP contribution is -2.54. The fraction of sp³-hybridized carbons (Fsp3) is 0.500. The summed E-state index contributed by atoms with van der Waals surface area (Å²) in [6.07, 6.45) is 0.917. The quantitative estimate of drug-likeness (QED) is 0.331. The van der Waals surface area contributed by atoms with Gasteiger partial charge in [-0.2, -0.15) is 0 Å². The van der Waals surface area contributed by atoms with Crippen LogP contribution in [0.2, 0.25) is 0 Å². The Morgan fingerprint density at radius 1 is 0.886 bits per heavy atom. The van der Waals surface area contributed by atoms with Gasteiger partial charge < -0.3 is 26.4 Å². The number of carbonyl (C=O) groups excluding carboxylic acids is 2. The summed E-state index contributed by atoms with van der Waals surface area (Å²) in [5, 5.41) is 9.19. The van der Waals surface area contributed by atoms with Gasteiger partial charge in [-0.25, -0.2) is 0 Å². The lowest BCUT2D eigenvalue weighted by Gasteiger charge is -2.23. The van der Waals surface area contributed by atoms with Crippen molar-refractivity contribution in [2.75, 3.05) is 6.54 Å². The van der Waals surface area contributed by atoms with Crippen molar-refractivity contribution in [2.24, 2.45) is 11.7 Å². The molecule has 0 saturated heterocycles. The summed E-state index contributed by atoms with van der Waals surface area (Å²) in [6.45, 7) is 11.1. The van der Waals surface area contributed by atoms with Crippen molar-refractivity contribution in [1.82, 2.24) is 16.0 Å². The Labute approximate surface area is 210 Å². The highest BCUT2D eigenvalue weighted by Gasteiger charge is 2.25. The van der Waals surface area contributed by atoms with Crippen LogP contribution in [-0.2, 0) is 22.6 Å². The van der Waals surface area contributed by atoms with Crippen LogP contribution in [0.5, 0.6) is 5.75 Å². The van der Waals surface area contributed by atoms with Gasteiger partial charge in [0.2, 0.25) is 11.8 Å². The molecular weight excluding hydrogens is 440 g/mol. The number of carbonyl (C=O) groups is 2. The van der Waals surface area contributed by atoms with Crippen LogP contribution in [0.3, 0.4) is 0 Å². The van der Waals surface area contributed by atoms with Crippen molar-refractivity contribution in [2.45, 2.75) is 78.2 Å². The molecule has 2 rings (SSSR count). The first-order valence-electron chi connectivity index (χ1n) is 12.5. The van der Waals surface area contributed by atoms with E-state index in [-0.39, 0.29) is 23.8 Å². The topological polar surface area (TPSA) is 105 Å². The van der Waals surface area contributed by atoms with Gasteiger partial charge in [-0.05, 0) is 42.5 Å². The molecule has 2 aromatic carbocycles. The lowest BCUT2D eigenvalue weighted by atomic mass is 10.0. The van der Waals surface area contributed by atoms with Crippen LogP contribution in [0.15, 0.2) is 54.6 Å². The van der Waals surface area contributed by atoms with Crippen molar-refractivity contribution in [3.05, 3.63) is 65.7 Å². The summed E-state index contributed by atoms with van der Waals surface area (Å²) in [5.74, 6) is 0.497. The van der Waals surface area contributed by atoms with Gasteiger partial charge >= 0.3 is 0 Å². The van der Waals surface area contributed by atoms with Gasteiger partial charge in [0.25, 0.3) is 0 Å². The Hall–Kier alpha value is -2.90. The summed E-state index contributed by atoms with van der Waals surface area (Å²) in [6, 6.07) is 16.6. The number of nitrogens with two attached hydrogens (primary N) is 1. The van der Waals surface area contributed by atoms with Gasteiger partial charge in [0.15, 0.2) is 0 Å². The molecular formula is C28H42N4O3. The number of benzene rings is 2. The van der Waals surface area contributed by atoms with Crippen LogP contribution in [0.4, 0.5) is 0 Å². The molecule has 0 bridgehead atoms. The van der Waals surface area contributed by atoms with E-state index in [2.05, 4.69) is 29.8 Å². The standard InChI is InChI=1S/C28H42N4O3/c1-19(2)15-25(29)27(33)32-26(28(34)30-17-21(5)31-20(3)4)16-22-11-13-24(14-12-22)35-18-23-9-7-6-8-10-23/h6-14,19-21,25-26,31H,15-18,29H2,1-5H3,(H,30,34)(H,32,33). The van der Waals surface area contributed by atoms with E-state index in [1.165, 1.54) is 0 Å². The van der Waals surface area contributed by atoms with E-state index < -0.39 is 12.1 Å². The molecule has 192 valence electrons. The van der Waals surface area contributed by atoms with Crippen LogP contribution in [0.1, 0.15) is 52.2 Å². The average molecular weight is 483 g/mol. The second-order valence-corrected chi connectivity index (χ2v) is 9.89. The average Bonchev–Trinajstić information content (AvgIpc) is 2.81. The van der Waals surface area contributed by atoms with Gasteiger partial charge in [-0.15, -0.1) is 0 Å². The third kappa shape index (κ3) is 10.9. The zero-order valence-corrected chi connectivity index (χ0v) is 21.7. The van der Waals surface area contributed by atoms with Gasteiger partial charge in [-0.1, -0.05) is 70.2 Å². The van der Waals surface area contributed by atoms with Crippen LogP contribution >= 0.6 is 0 Å². The van der Waals surface area contributed by atoms with Gasteiger partial charge in [0, 0.05) is 25.0 Å². The SMILES string of the molecule is CC(C)CC(N)C(=O)NC(Cc1ccc(OCc2ccccc2)cc1)C(=O)NCC(C)NC(C)C. The minimum atomic E-state index is -0.719. The first kappa shape index (κ1) is 28.3. The Morgan fingerprint density at radius 3 is 2.14 bits per heavy atom. The molecule has 0 fully saturated rings. The molecule has 0 aliphatic rings. The largest absolute Gasteiger partial charge is 0.489 e. The zero-order chi connectivity index (χ0) is 25.8. The molecule has 0 aliphatic heterocycles. The smallest absolute Gasteiger partial charge is 0.242 e. The number of nitrogens with one attached hydrogen (secondary N) is 3. The highest BCUT2D eigenvalue weighted by atomic mass is 16.5. The van der Waals surface area contributed by atoms with E-state index in [4.69, 9.17) is 10.5 Å². The Bertz CT molecular complexity index is 900. The van der Waals surface area contributed by atoms with Crippen molar-refractivity contribution < 1.29 is 14.3 Å². The lowest BCUT2D eigenvalue weighted by molar-refractivity contribution is -0.129. The molecule has 0 aromatic heterocycles. The van der Waals surface area contributed by atoms with Crippen LogP contribution < -0.4 is 26.4 Å². The first-order valence-corrected chi connectivity index (χ1v) is 12.5. The van der Waals surface area contributed by atoms with Crippen molar-refractivity contribution in [3.63, 3.8) is 0 Å². The van der Waals surface area contributed by atoms with E-state index in [9.17, 15) is 9.59 Å². The summed E-state index contributed by atoms with van der Waals surface area (Å²) in [7, 11) is 0. The fourth-order valence-corrected chi connectivity index (χ4v) is 3.81. The summed E-state index contributed by atoms with van der Waals surface area (Å²) >= 11 is 0. The number of hydrogen-bond donors (Lipinski definition) is 4. The molecule has 0 aliphatic carbocycles. The van der Waals surface area contributed by atoms with E-state index in [1.54, 1.807) is 0 Å². The monoisotopic (exact) mass is 482 g/mol. The number of hydrogen-bond acceptors (Lipinski definition) is 5. The normalized spacial score (nSPS) is 13.8. The predicted octanol–water partition coefficient (Wildman–Crippen LogP) is 3.17. The third-order valence-electron chi connectivity index (χ3n) is 5.51. The summed E-state index contributed by atoms with van der Waals surface area (Å²) in [4.78, 5) is 25.7. The van der Waals surface area contributed by atoms with Crippen molar-refractivity contribution in [3.8, 4) is 5.75 Å². The Balaban J connectivity index is 2.02. The molecule has 2 aromatic rings. The van der Waals surface area contributed by atoms with Crippen molar-refractivity contribution in [1.29, 1.82) is 0 Å². The Morgan fingerprint density at radius 2 is 1.54 bits per heavy atom. The fourth-order valence-electron chi connectivity index (χ4n) is 3.81. The molecule has 35 heavy (non-hydrogen) atoms. The highest BCUT2D eigenvalue weighted by molar-refractivity contribution is 5.89. The minimum absolute atomic E-state index is 0.111. The second kappa shape index (κ2) is 14.5. The maximum atomic E-state index is 13.0. The molecule has 3 unspecified atom stereocenters. The number of ether oxygens (including phenoxy) is 1. The second-order valence-electron chi connectivity index (χ2n) is 9.89. The van der Waals surface area contributed by atoms with Crippen LogP contribution in [-0.4, -0.2) is 42.5 Å². The number of rotatable bonds is 14. The zero-order valence-electron chi connectivity index (χ0n) is 21.7. The van der Waals surface area contributed by atoms with Gasteiger partial charge in [-0.3, -0.25) is 9.59 Å². The number of amides is 2. The third-order valence-corrected chi connectivity index (χ3v) is 5.51. The molecule has 5 N–H and O–H groups in total.